The normalized spacial score (nSPS) is 16.6. The Balaban J connectivity index is 1.60. The van der Waals surface area contributed by atoms with Gasteiger partial charge in [0.2, 0.25) is 0 Å². The second-order valence-electron chi connectivity index (χ2n) is 7.17. The van der Waals surface area contributed by atoms with Crippen LogP contribution in [0.5, 0.6) is 0 Å². The van der Waals surface area contributed by atoms with Crippen LogP contribution >= 0.6 is 0 Å². The molecular formula is C22H24N4O2. The second-order valence-corrected chi connectivity index (χ2v) is 7.17. The summed E-state index contributed by atoms with van der Waals surface area (Å²) in [6.07, 6.45) is 2.72. The van der Waals surface area contributed by atoms with Crippen molar-refractivity contribution >= 4 is 5.91 Å². The molecule has 3 aromatic rings. The molecule has 2 heterocycles. The van der Waals surface area contributed by atoms with E-state index >= 15 is 0 Å². The van der Waals surface area contributed by atoms with Gasteiger partial charge in [0, 0.05) is 26.1 Å². The Labute approximate surface area is 164 Å². The minimum absolute atomic E-state index is 0.0651. The Morgan fingerprint density at radius 3 is 2.36 bits per heavy atom. The number of hydrogen-bond acceptors (Lipinski definition) is 4. The third-order valence-corrected chi connectivity index (χ3v) is 5.20. The van der Waals surface area contributed by atoms with Crippen LogP contribution in [0, 0.1) is 5.92 Å². The van der Waals surface area contributed by atoms with Gasteiger partial charge in [0.05, 0.1) is 12.8 Å². The van der Waals surface area contributed by atoms with Crippen molar-refractivity contribution < 1.29 is 9.53 Å². The van der Waals surface area contributed by atoms with E-state index in [4.69, 9.17) is 4.74 Å². The highest BCUT2D eigenvalue weighted by Gasteiger charge is 2.29. The van der Waals surface area contributed by atoms with Crippen LogP contribution < -0.4 is 0 Å². The monoisotopic (exact) mass is 376 g/mol. The van der Waals surface area contributed by atoms with Gasteiger partial charge < -0.3 is 9.64 Å². The Hall–Kier alpha value is -2.99. The van der Waals surface area contributed by atoms with Gasteiger partial charge >= 0.3 is 0 Å². The summed E-state index contributed by atoms with van der Waals surface area (Å²) in [6, 6.07) is 20.2. The van der Waals surface area contributed by atoms with Gasteiger partial charge in [-0.15, -0.1) is 5.10 Å². The first kappa shape index (κ1) is 18.4. The first-order valence-electron chi connectivity index (χ1n) is 9.56. The minimum Gasteiger partial charge on any atom is -0.384 e. The lowest BCUT2D eigenvalue weighted by Crippen LogP contribution is -2.29. The summed E-state index contributed by atoms with van der Waals surface area (Å²) in [5.74, 6) is 0.329. The van der Waals surface area contributed by atoms with E-state index in [1.165, 1.54) is 0 Å². The van der Waals surface area contributed by atoms with Crippen molar-refractivity contribution in [3.8, 4) is 0 Å². The molecule has 0 saturated carbocycles. The molecule has 0 radical (unpaired) electrons. The predicted molar refractivity (Wildman–Crippen MR) is 106 cm³/mol. The average molecular weight is 376 g/mol. The Morgan fingerprint density at radius 1 is 1.11 bits per heavy atom. The molecule has 2 aromatic carbocycles. The van der Waals surface area contributed by atoms with Crippen molar-refractivity contribution in [1.82, 2.24) is 19.9 Å². The standard InChI is InChI=1S/C22H24N4O2/c1-28-16-17-12-13-25(14-17)22(27)20-15-26(24-23-20)21(18-8-4-2-5-9-18)19-10-6-3-7-11-19/h2-11,15,17,21H,12-14,16H2,1H3/t17-/m0/s1. The third-order valence-electron chi connectivity index (χ3n) is 5.20. The van der Waals surface area contributed by atoms with Crippen molar-refractivity contribution in [3.63, 3.8) is 0 Å². The van der Waals surface area contributed by atoms with E-state index < -0.39 is 0 Å². The number of carbonyl (C=O) groups excluding carboxylic acids is 1. The van der Waals surface area contributed by atoms with Crippen LogP contribution in [0.3, 0.4) is 0 Å². The second kappa shape index (κ2) is 8.35. The zero-order valence-corrected chi connectivity index (χ0v) is 15.9. The number of amides is 1. The van der Waals surface area contributed by atoms with Gasteiger partial charge in [0.25, 0.3) is 5.91 Å². The fraction of sp³-hybridized carbons (Fsp3) is 0.318. The number of ether oxygens (including phenoxy) is 1. The average Bonchev–Trinajstić information content (AvgIpc) is 3.40. The first-order chi connectivity index (χ1) is 13.8. The van der Waals surface area contributed by atoms with E-state index in [-0.39, 0.29) is 11.9 Å². The quantitative estimate of drug-likeness (QED) is 0.664. The summed E-state index contributed by atoms with van der Waals surface area (Å²) < 4.78 is 7.00. The number of rotatable bonds is 6. The zero-order valence-electron chi connectivity index (χ0n) is 15.9. The predicted octanol–water partition coefficient (Wildman–Crippen LogP) is 3.02. The third kappa shape index (κ3) is 3.82. The summed E-state index contributed by atoms with van der Waals surface area (Å²) in [6.45, 7) is 2.13. The lowest BCUT2D eigenvalue weighted by Gasteiger charge is -2.18. The summed E-state index contributed by atoms with van der Waals surface area (Å²) in [4.78, 5) is 14.7. The molecule has 0 N–H and O–H groups in total. The highest BCUT2D eigenvalue weighted by molar-refractivity contribution is 5.92. The molecule has 6 nitrogen and oxygen atoms in total. The summed E-state index contributed by atoms with van der Waals surface area (Å²) in [5.41, 5.74) is 2.58. The minimum atomic E-state index is -0.128. The van der Waals surface area contributed by atoms with Gasteiger partial charge in [0.1, 0.15) is 6.04 Å². The molecule has 1 atom stereocenters. The molecule has 144 valence electrons. The Bertz CT molecular complexity index is 871. The molecule has 1 fully saturated rings. The molecule has 1 amide bonds. The van der Waals surface area contributed by atoms with Crippen molar-refractivity contribution in [2.24, 2.45) is 5.92 Å². The molecule has 1 aliphatic heterocycles. The summed E-state index contributed by atoms with van der Waals surface area (Å²) in [7, 11) is 1.70. The molecule has 1 aliphatic rings. The van der Waals surface area contributed by atoms with E-state index in [2.05, 4.69) is 34.6 Å². The van der Waals surface area contributed by atoms with Gasteiger partial charge in [-0.1, -0.05) is 65.9 Å². The number of likely N-dealkylation sites (tertiary alicyclic amines) is 1. The SMILES string of the molecule is COC[C@H]1CCN(C(=O)c2cn(C(c3ccccc3)c3ccccc3)nn2)C1. The highest BCUT2D eigenvalue weighted by Crippen LogP contribution is 2.26. The van der Waals surface area contributed by atoms with Crippen LogP contribution in [0.25, 0.3) is 0 Å². The number of carbonyl (C=O) groups is 1. The zero-order chi connectivity index (χ0) is 19.3. The van der Waals surface area contributed by atoms with Crippen LogP contribution in [0.2, 0.25) is 0 Å². The molecule has 0 aliphatic carbocycles. The molecule has 6 heteroatoms. The van der Waals surface area contributed by atoms with E-state index in [0.29, 0.717) is 24.8 Å². The lowest BCUT2D eigenvalue weighted by molar-refractivity contribution is 0.0769. The number of benzene rings is 2. The maximum atomic E-state index is 12.9. The van der Waals surface area contributed by atoms with Gasteiger partial charge in [-0.2, -0.15) is 0 Å². The largest absolute Gasteiger partial charge is 0.384 e. The summed E-state index contributed by atoms with van der Waals surface area (Å²) in [5, 5.41) is 8.51. The van der Waals surface area contributed by atoms with Crippen molar-refractivity contribution in [2.75, 3.05) is 26.8 Å². The highest BCUT2D eigenvalue weighted by atomic mass is 16.5. The van der Waals surface area contributed by atoms with Crippen LogP contribution in [0.15, 0.2) is 66.9 Å². The molecule has 28 heavy (non-hydrogen) atoms. The van der Waals surface area contributed by atoms with Crippen LogP contribution in [-0.2, 0) is 4.74 Å². The Morgan fingerprint density at radius 2 is 1.75 bits per heavy atom. The molecular weight excluding hydrogens is 352 g/mol. The van der Waals surface area contributed by atoms with Gasteiger partial charge in [-0.25, -0.2) is 4.68 Å². The van der Waals surface area contributed by atoms with E-state index in [1.807, 2.05) is 41.3 Å². The molecule has 0 bridgehead atoms. The first-order valence-corrected chi connectivity index (χ1v) is 9.56. The van der Waals surface area contributed by atoms with Crippen molar-refractivity contribution in [2.45, 2.75) is 12.5 Å². The maximum Gasteiger partial charge on any atom is 0.276 e. The number of methoxy groups -OCH3 is 1. The van der Waals surface area contributed by atoms with Crippen LogP contribution in [0.4, 0.5) is 0 Å². The van der Waals surface area contributed by atoms with Gasteiger partial charge in [-0.05, 0) is 17.5 Å². The summed E-state index contributed by atoms with van der Waals surface area (Å²) >= 11 is 0. The fourth-order valence-electron chi connectivity index (χ4n) is 3.82. The molecule has 1 saturated heterocycles. The van der Waals surface area contributed by atoms with Crippen LogP contribution in [-0.4, -0.2) is 52.6 Å². The van der Waals surface area contributed by atoms with Crippen molar-refractivity contribution in [1.29, 1.82) is 0 Å². The fourth-order valence-corrected chi connectivity index (χ4v) is 3.82. The lowest BCUT2D eigenvalue weighted by atomic mass is 9.99. The Kier molecular flexibility index (Phi) is 5.48. The maximum absolute atomic E-state index is 12.9. The molecule has 0 unspecified atom stereocenters. The van der Waals surface area contributed by atoms with E-state index in [9.17, 15) is 4.79 Å². The smallest absolute Gasteiger partial charge is 0.276 e. The van der Waals surface area contributed by atoms with Gasteiger partial charge in [0.15, 0.2) is 5.69 Å². The number of hydrogen-bond donors (Lipinski definition) is 0. The van der Waals surface area contributed by atoms with Crippen LogP contribution in [0.1, 0.15) is 34.1 Å². The van der Waals surface area contributed by atoms with E-state index in [1.54, 1.807) is 18.0 Å². The number of nitrogens with zero attached hydrogens (tertiary/aromatic N) is 4. The molecule has 4 rings (SSSR count). The molecule has 1 aromatic heterocycles. The van der Waals surface area contributed by atoms with E-state index in [0.717, 1.165) is 24.1 Å². The van der Waals surface area contributed by atoms with Gasteiger partial charge in [-0.3, -0.25) is 4.79 Å². The van der Waals surface area contributed by atoms with Crippen molar-refractivity contribution in [3.05, 3.63) is 83.7 Å². The molecule has 0 spiro atoms. The number of aromatic nitrogens is 3. The topological polar surface area (TPSA) is 60.2 Å².